The smallest absolute Gasteiger partial charge is 0.490 e. The van der Waals surface area contributed by atoms with Crippen molar-refractivity contribution in [1.82, 2.24) is 5.32 Å². The van der Waals surface area contributed by atoms with Crippen LogP contribution in [0.5, 0.6) is 0 Å². The van der Waals surface area contributed by atoms with Crippen molar-refractivity contribution in [3.63, 3.8) is 0 Å². The van der Waals surface area contributed by atoms with Crippen molar-refractivity contribution in [3.05, 3.63) is 35.8 Å². The molecule has 2 aliphatic heterocycles. The van der Waals surface area contributed by atoms with Crippen molar-refractivity contribution in [3.8, 4) is 0 Å². The number of carboxylic acids is 1. The third-order valence-electron chi connectivity index (χ3n) is 1.89. The van der Waals surface area contributed by atoms with Gasteiger partial charge in [-0.3, -0.25) is 0 Å². The highest BCUT2D eigenvalue weighted by Gasteiger charge is 2.38. The Hall–Kier alpha value is -1.92. The third-order valence-corrected chi connectivity index (χ3v) is 1.89. The molecular formula is C10H10F3NO3. The van der Waals surface area contributed by atoms with Crippen molar-refractivity contribution in [1.29, 1.82) is 0 Å². The summed E-state index contributed by atoms with van der Waals surface area (Å²) in [6.07, 6.45) is 2.81. The van der Waals surface area contributed by atoms with Crippen LogP contribution >= 0.6 is 0 Å². The molecule has 2 rings (SSSR count). The molecule has 2 N–H and O–H groups in total. The number of ether oxygens (including phenoxy) is 1. The molecule has 0 aromatic heterocycles. The second-order valence-electron chi connectivity index (χ2n) is 3.14. The van der Waals surface area contributed by atoms with Gasteiger partial charge in [0.25, 0.3) is 0 Å². The maximum Gasteiger partial charge on any atom is 0.490 e. The van der Waals surface area contributed by atoms with Crippen LogP contribution in [-0.4, -0.2) is 30.4 Å². The molecule has 0 fully saturated rings. The van der Waals surface area contributed by atoms with Crippen LogP contribution in [0.15, 0.2) is 35.8 Å². The van der Waals surface area contributed by atoms with Crippen molar-refractivity contribution in [2.75, 3.05) is 13.2 Å². The first kappa shape index (κ1) is 13.1. The van der Waals surface area contributed by atoms with E-state index in [1.807, 2.05) is 6.08 Å². The molecule has 0 saturated heterocycles. The molecule has 0 radical (unpaired) electrons. The molecular weight excluding hydrogens is 239 g/mol. The van der Waals surface area contributed by atoms with E-state index in [0.29, 0.717) is 6.61 Å². The molecule has 0 amide bonds. The highest BCUT2D eigenvalue weighted by molar-refractivity contribution is 5.73. The van der Waals surface area contributed by atoms with Crippen molar-refractivity contribution in [2.45, 2.75) is 6.18 Å². The van der Waals surface area contributed by atoms with Crippen molar-refractivity contribution < 1.29 is 27.8 Å². The van der Waals surface area contributed by atoms with Crippen LogP contribution in [-0.2, 0) is 9.53 Å². The molecule has 0 bridgehead atoms. The number of alkyl halides is 3. The molecule has 0 saturated carbocycles. The summed E-state index contributed by atoms with van der Waals surface area (Å²) >= 11 is 0. The number of dihydropyridines is 1. The van der Waals surface area contributed by atoms with E-state index in [1.54, 1.807) is 6.26 Å². The summed E-state index contributed by atoms with van der Waals surface area (Å²) in [7, 11) is 0. The van der Waals surface area contributed by atoms with Crippen LogP contribution < -0.4 is 5.32 Å². The van der Waals surface area contributed by atoms with Crippen LogP contribution in [0.1, 0.15) is 0 Å². The first-order valence-corrected chi connectivity index (χ1v) is 4.63. The Kier molecular flexibility index (Phi) is 4.19. The van der Waals surface area contributed by atoms with Gasteiger partial charge in [0.05, 0.1) is 6.26 Å². The average Bonchev–Trinajstić information content (AvgIpc) is 2.29. The fourth-order valence-corrected chi connectivity index (χ4v) is 1.12. The summed E-state index contributed by atoms with van der Waals surface area (Å²) in [5.74, 6) is -2.76. The summed E-state index contributed by atoms with van der Waals surface area (Å²) in [6.45, 7) is 1.64. The van der Waals surface area contributed by atoms with Crippen LogP contribution in [0.2, 0.25) is 0 Å². The van der Waals surface area contributed by atoms with Crippen LogP contribution in [0.3, 0.4) is 0 Å². The highest BCUT2D eigenvalue weighted by Crippen LogP contribution is 2.14. The zero-order valence-corrected chi connectivity index (χ0v) is 8.62. The lowest BCUT2D eigenvalue weighted by Gasteiger charge is -2.18. The van der Waals surface area contributed by atoms with Gasteiger partial charge in [0.1, 0.15) is 6.61 Å². The van der Waals surface area contributed by atoms with E-state index in [4.69, 9.17) is 14.6 Å². The summed E-state index contributed by atoms with van der Waals surface area (Å²) < 4.78 is 36.8. The van der Waals surface area contributed by atoms with Gasteiger partial charge in [0.15, 0.2) is 0 Å². The van der Waals surface area contributed by atoms with Gasteiger partial charge in [-0.1, -0.05) is 12.2 Å². The third kappa shape index (κ3) is 4.21. The number of rotatable bonds is 0. The second-order valence-corrected chi connectivity index (χ2v) is 3.14. The van der Waals surface area contributed by atoms with E-state index in [0.717, 1.165) is 6.54 Å². The Morgan fingerprint density at radius 3 is 2.59 bits per heavy atom. The molecule has 0 aromatic rings. The van der Waals surface area contributed by atoms with Gasteiger partial charge in [0.2, 0.25) is 0 Å². The molecule has 0 aliphatic carbocycles. The molecule has 0 atom stereocenters. The van der Waals surface area contributed by atoms with Gasteiger partial charge < -0.3 is 15.2 Å². The van der Waals surface area contributed by atoms with Crippen LogP contribution in [0.4, 0.5) is 13.2 Å². The van der Waals surface area contributed by atoms with Gasteiger partial charge in [0, 0.05) is 17.8 Å². The lowest BCUT2D eigenvalue weighted by molar-refractivity contribution is -0.192. The standard InChI is InChI=1S/C8H9NO.C2HF3O2/c1-2-7-6-10-5-3-8(7)9-4-1;3-2(4,5)1(6)7/h1-3,5,9H,4,6H2;(H,6,7). The number of hydrogen-bond donors (Lipinski definition) is 2. The van der Waals surface area contributed by atoms with Gasteiger partial charge in [-0.05, 0) is 6.08 Å². The summed E-state index contributed by atoms with van der Waals surface area (Å²) in [5.41, 5.74) is 2.45. The Bertz CT molecular complexity index is 359. The Labute approximate surface area is 95.1 Å². The summed E-state index contributed by atoms with van der Waals surface area (Å²) in [6, 6.07) is 0. The van der Waals surface area contributed by atoms with E-state index in [2.05, 4.69) is 17.5 Å². The minimum atomic E-state index is -5.08. The van der Waals surface area contributed by atoms with Gasteiger partial charge in [-0.2, -0.15) is 13.2 Å². The molecule has 0 spiro atoms. The van der Waals surface area contributed by atoms with E-state index in [1.165, 1.54) is 11.3 Å². The molecule has 2 aliphatic rings. The fraction of sp³-hybridized carbons (Fsp3) is 0.300. The zero-order valence-electron chi connectivity index (χ0n) is 8.62. The van der Waals surface area contributed by atoms with Gasteiger partial charge >= 0.3 is 12.1 Å². The van der Waals surface area contributed by atoms with Gasteiger partial charge in [-0.25, -0.2) is 4.79 Å². The number of carboxylic acid groups (broad SMARTS) is 1. The minimum Gasteiger partial charge on any atom is -0.496 e. The van der Waals surface area contributed by atoms with Crippen molar-refractivity contribution >= 4 is 5.97 Å². The molecule has 94 valence electrons. The Morgan fingerprint density at radius 2 is 2.06 bits per heavy atom. The molecule has 0 aromatic carbocycles. The number of hydrogen-bond acceptors (Lipinski definition) is 3. The number of allylic oxidation sites excluding steroid dienone is 1. The lowest BCUT2D eigenvalue weighted by Crippen LogP contribution is -2.21. The quantitative estimate of drug-likeness (QED) is 0.684. The molecule has 0 unspecified atom stereocenters. The van der Waals surface area contributed by atoms with E-state index in [9.17, 15) is 13.2 Å². The first-order chi connectivity index (χ1) is 7.91. The Morgan fingerprint density at radius 1 is 1.41 bits per heavy atom. The predicted molar refractivity (Wildman–Crippen MR) is 53.0 cm³/mol. The van der Waals surface area contributed by atoms with E-state index < -0.39 is 12.1 Å². The number of carbonyl (C=O) groups is 1. The summed E-state index contributed by atoms with van der Waals surface area (Å²) in [5, 5.41) is 10.4. The largest absolute Gasteiger partial charge is 0.496 e. The molecule has 17 heavy (non-hydrogen) atoms. The number of halogens is 3. The van der Waals surface area contributed by atoms with E-state index in [-0.39, 0.29) is 0 Å². The fourth-order valence-electron chi connectivity index (χ4n) is 1.12. The topological polar surface area (TPSA) is 58.6 Å². The normalized spacial score (nSPS) is 17.4. The Balaban J connectivity index is 0.000000185. The summed E-state index contributed by atoms with van der Waals surface area (Å²) in [4.78, 5) is 8.90. The molecule has 4 nitrogen and oxygen atoms in total. The SMILES string of the molecule is C1=CC2=C(C=COC2)NC1.O=C(O)C(F)(F)F. The highest BCUT2D eigenvalue weighted by atomic mass is 19.4. The lowest BCUT2D eigenvalue weighted by atomic mass is 10.1. The van der Waals surface area contributed by atoms with Crippen LogP contribution in [0.25, 0.3) is 0 Å². The first-order valence-electron chi connectivity index (χ1n) is 4.63. The van der Waals surface area contributed by atoms with Crippen LogP contribution in [0, 0.1) is 0 Å². The number of aliphatic carboxylic acids is 1. The monoisotopic (exact) mass is 249 g/mol. The maximum atomic E-state index is 10.6. The molecule has 7 heteroatoms. The predicted octanol–water partition coefficient (Wildman–Crippen LogP) is 1.58. The van der Waals surface area contributed by atoms with Gasteiger partial charge in [-0.15, -0.1) is 0 Å². The maximum absolute atomic E-state index is 10.6. The average molecular weight is 249 g/mol. The van der Waals surface area contributed by atoms with E-state index >= 15 is 0 Å². The molecule has 2 heterocycles. The number of nitrogens with one attached hydrogen (secondary N) is 1. The zero-order chi connectivity index (χ0) is 12.9. The minimum absolute atomic E-state index is 0.704. The second kappa shape index (κ2) is 5.42. The van der Waals surface area contributed by atoms with Crippen molar-refractivity contribution in [2.24, 2.45) is 0 Å².